The molecule has 0 radical (unpaired) electrons. The molecule has 35 heavy (non-hydrogen) atoms. The first kappa shape index (κ1) is 21.8. The smallest absolute Gasteiger partial charge is 0.259 e. The molecule has 1 aliphatic rings. The molecule has 11 heteroatoms. The molecule has 178 valence electrons. The molecule has 5 aromatic rings. The van der Waals surface area contributed by atoms with Crippen molar-refractivity contribution in [2.24, 2.45) is 0 Å². The number of hydrogen-bond acceptors (Lipinski definition) is 8. The first-order valence-corrected chi connectivity index (χ1v) is 12.2. The van der Waals surface area contributed by atoms with E-state index in [4.69, 9.17) is 10.1 Å². The third kappa shape index (κ3) is 3.86. The maximum Gasteiger partial charge on any atom is 0.259 e. The first-order chi connectivity index (χ1) is 17.0. The number of hydrogen-bond donors (Lipinski definition) is 1. The summed E-state index contributed by atoms with van der Waals surface area (Å²) in [7, 11) is 0. The molecule has 1 aromatic carbocycles. The monoisotopic (exact) mass is 490 g/mol. The maximum absolute atomic E-state index is 14.3. The van der Waals surface area contributed by atoms with Crippen LogP contribution in [0.3, 0.4) is 0 Å². The number of piperazine rings is 1. The third-order valence-electron chi connectivity index (χ3n) is 6.52. The minimum absolute atomic E-state index is 0.0670. The molecule has 4 aromatic heterocycles. The van der Waals surface area contributed by atoms with Crippen LogP contribution in [0, 0.1) is 19.7 Å². The number of nitrogens with zero attached hydrogens (tertiary/aromatic N) is 7. The van der Waals surface area contributed by atoms with Gasteiger partial charge in [-0.15, -0.1) is 26.6 Å². The van der Waals surface area contributed by atoms with E-state index >= 15 is 0 Å². The molecule has 1 fully saturated rings. The van der Waals surface area contributed by atoms with Crippen molar-refractivity contribution in [2.75, 3.05) is 31.1 Å². The van der Waals surface area contributed by atoms with E-state index in [1.54, 1.807) is 34.1 Å². The Morgan fingerprint density at radius 2 is 1.86 bits per heavy atom. The van der Waals surface area contributed by atoms with Crippen LogP contribution in [0.4, 0.5) is 10.2 Å². The number of halogens is 1. The number of aryl methyl sites for hydroxylation is 2. The van der Waals surface area contributed by atoms with Gasteiger partial charge in [-0.3, -0.25) is 9.69 Å². The SMILES string of the molecule is Cc1sc2nc(CN3CCN(c4ccc5nnc(-c6ccccc6F)n5n4)CC3)[nH]c(=O)c2c1C. The van der Waals surface area contributed by atoms with E-state index in [0.29, 0.717) is 34.8 Å². The highest BCUT2D eigenvalue weighted by atomic mass is 32.1. The summed E-state index contributed by atoms with van der Waals surface area (Å²) in [6.07, 6.45) is 0. The fourth-order valence-corrected chi connectivity index (χ4v) is 5.53. The molecule has 0 bridgehead atoms. The lowest BCUT2D eigenvalue weighted by Gasteiger charge is -2.34. The van der Waals surface area contributed by atoms with Gasteiger partial charge in [-0.1, -0.05) is 12.1 Å². The van der Waals surface area contributed by atoms with Crippen LogP contribution < -0.4 is 10.5 Å². The fourth-order valence-electron chi connectivity index (χ4n) is 4.48. The Hall–Kier alpha value is -3.70. The minimum Gasteiger partial charge on any atom is -0.353 e. The van der Waals surface area contributed by atoms with E-state index in [9.17, 15) is 9.18 Å². The van der Waals surface area contributed by atoms with Gasteiger partial charge < -0.3 is 9.88 Å². The van der Waals surface area contributed by atoms with Crippen LogP contribution in [0.25, 0.3) is 27.3 Å². The summed E-state index contributed by atoms with van der Waals surface area (Å²) in [5.41, 5.74) is 1.87. The van der Waals surface area contributed by atoms with Crippen molar-refractivity contribution in [3.05, 3.63) is 68.8 Å². The minimum atomic E-state index is -0.361. The predicted molar refractivity (Wildman–Crippen MR) is 133 cm³/mol. The van der Waals surface area contributed by atoms with Crippen LogP contribution >= 0.6 is 11.3 Å². The molecule has 5 heterocycles. The topological polar surface area (TPSA) is 95.3 Å². The molecule has 0 spiro atoms. The zero-order valence-electron chi connectivity index (χ0n) is 19.3. The Kier molecular flexibility index (Phi) is 5.30. The molecule has 1 N–H and O–H groups in total. The van der Waals surface area contributed by atoms with Crippen LogP contribution in [0.5, 0.6) is 0 Å². The van der Waals surface area contributed by atoms with Crippen molar-refractivity contribution in [1.29, 1.82) is 0 Å². The number of thiophene rings is 1. The van der Waals surface area contributed by atoms with Crippen LogP contribution in [0.1, 0.15) is 16.3 Å². The van der Waals surface area contributed by atoms with Gasteiger partial charge in [0.2, 0.25) is 0 Å². The summed E-state index contributed by atoms with van der Waals surface area (Å²) in [4.78, 5) is 26.6. The van der Waals surface area contributed by atoms with Crippen LogP contribution in [-0.4, -0.2) is 60.9 Å². The first-order valence-electron chi connectivity index (χ1n) is 11.4. The van der Waals surface area contributed by atoms with Gasteiger partial charge in [0, 0.05) is 31.1 Å². The van der Waals surface area contributed by atoms with Crippen molar-refractivity contribution < 1.29 is 4.39 Å². The van der Waals surface area contributed by atoms with Crippen LogP contribution in [0.2, 0.25) is 0 Å². The van der Waals surface area contributed by atoms with Crippen LogP contribution in [0.15, 0.2) is 41.2 Å². The lowest BCUT2D eigenvalue weighted by atomic mass is 10.2. The number of fused-ring (bicyclic) bond motifs is 2. The second kappa shape index (κ2) is 8.51. The maximum atomic E-state index is 14.3. The summed E-state index contributed by atoms with van der Waals surface area (Å²) in [6.45, 7) is 7.70. The summed E-state index contributed by atoms with van der Waals surface area (Å²) in [5.74, 6) is 1.49. The number of aromatic amines is 1. The Morgan fingerprint density at radius 1 is 1.06 bits per heavy atom. The zero-order chi connectivity index (χ0) is 24.1. The van der Waals surface area contributed by atoms with E-state index in [2.05, 4.69) is 25.0 Å². The van der Waals surface area contributed by atoms with Crippen LogP contribution in [-0.2, 0) is 6.54 Å². The van der Waals surface area contributed by atoms with Crippen molar-refractivity contribution in [1.82, 2.24) is 34.7 Å². The summed E-state index contributed by atoms with van der Waals surface area (Å²) in [6, 6.07) is 10.3. The lowest BCUT2D eigenvalue weighted by Crippen LogP contribution is -2.46. The Labute approximate surface area is 203 Å². The molecule has 0 atom stereocenters. The van der Waals surface area contributed by atoms with Gasteiger partial charge in [-0.2, -0.15) is 4.52 Å². The molecule has 0 amide bonds. The lowest BCUT2D eigenvalue weighted by molar-refractivity contribution is 0.243. The van der Waals surface area contributed by atoms with Gasteiger partial charge in [0.25, 0.3) is 5.56 Å². The predicted octanol–water partition coefficient (Wildman–Crippen LogP) is 3.17. The Morgan fingerprint density at radius 3 is 2.66 bits per heavy atom. The normalized spacial score (nSPS) is 14.9. The summed E-state index contributed by atoms with van der Waals surface area (Å²) < 4.78 is 15.9. The van der Waals surface area contributed by atoms with Gasteiger partial charge in [0.05, 0.1) is 17.5 Å². The molecule has 0 saturated carbocycles. The highest BCUT2D eigenvalue weighted by molar-refractivity contribution is 7.18. The molecule has 6 rings (SSSR count). The van der Waals surface area contributed by atoms with Gasteiger partial charge in [-0.05, 0) is 43.7 Å². The van der Waals surface area contributed by atoms with Crippen molar-refractivity contribution in [3.8, 4) is 11.4 Å². The summed E-state index contributed by atoms with van der Waals surface area (Å²) >= 11 is 1.57. The zero-order valence-corrected chi connectivity index (χ0v) is 20.1. The molecule has 1 saturated heterocycles. The Balaban J connectivity index is 1.19. The standard InChI is InChI=1S/C24H23FN8OS/c1-14-15(2)35-24-21(14)23(34)26-18(27-24)13-31-9-11-32(12-10-31)20-8-7-19-28-29-22(33(19)30-20)16-5-3-4-6-17(16)25/h3-8H,9-13H2,1-2H3,(H,26,27,34). The highest BCUT2D eigenvalue weighted by Crippen LogP contribution is 2.26. The fraction of sp³-hybridized carbons (Fsp3) is 0.292. The number of rotatable bonds is 4. The van der Waals surface area contributed by atoms with Crippen molar-refractivity contribution in [3.63, 3.8) is 0 Å². The number of H-pyrrole nitrogens is 1. The van der Waals surface area contributed by atoms with E-state index in [-0.39, 0.29) is 11.4 Å². The molecular formula is C24H23FN8OS. The van der Waals surface area contributed by atoms with E-state index in [1.807, 2.05) is 26.0 Å². The summed E-state index contributed by atoms with van der Waals surface area (Å²) in [5, 5.41) is 13.7. The van der Waals surface area contributed by atoms with E-state index in [1.165, 1.54) is 6.07 Å². The average molecular weight is 491 g/mol. The molecular weight excluding hydrogens is 467 g/mol. The quantitative estimate of drug-likeness (QED) is 0.413. The number of benzene rings is 1. The second-order valence-corrected chi connectivity index (χ2v) is 9.91. The van der Waals surface area contributed by atoms with Crippen molar-refractivity contribution >= 4 is 33.0 Å². The molecule has 0 aliphatic carbocycles. The average Bonchev–Trinajstić information content (AvgIpc) is 3.40. The number of aromatic nitrogens is 6. The molecule has 0 unspecified atom stereocenters. The highest BCUT2D eigenvalue weighted by Gasteiger charge is 2.21. The third-order valence-corrected chi connectivity index (χ3v) is 7.62. The molecule has 1 aliphatic heterocycles. The van der Waals surface area contributed by atoms with Gasteiger partial charge in [-0.25, -0.2) is 9.37 Å². The van der Waals surface area contributed by atoms with Crippen molar-refractivity contribution in [2.45, 2.75) is 20.4 Å². The van der Waals surface area contributed by atoms with E-state index in [0.717, 1.165) is 47.3 Å². The van der Waals surface area contributed by atoms with Gasteiger partial charge in [0.1, 0.15) is 22.3 Å². The van der Waals surface area contributed by atoms with Gasteiger partial charge in [0.15, 0.2) is 11.5 Å². The Bertz CT molecular complexity index is 1620. The number of nitrogens with one attached hydrogen (secondary N) is 1. The molecule has 9 nitrogen and oxygen atoms in total. The van der Waals surface area contributed by atoms with E-state index < -0.39 is 0 Å². The largest absolute Gasteiger partial charge is 0.353 e. The second-order valence-electron chi connectivity index (χ2n) is 8.70. The number of anilines is 1. The van der Waals surface area contributed by atoms with Gasteiger partial charge >= 0.3 is 0 Å².